The number of benzene rings is 1. The number of hydrogen-bond donors (Lipinski definition) is 5. The molecule has 0 unspecified atom stereocenters. The van der Waals surface area contributed by atoms with Crippen molar-refractivity contribution in [2.24, 2.45) is 11.6 Å². The lowest BCUT2D eigenvalue weighted by Crippen LogP contribution is -2.50. The summed E-state index contributed by atoms with van der Waals surface area (Å²) in [5.74, 6) is 5.15. The molecule has 138 valence electrons. The molecule has 10 heteroatoms. The number of guanidine groups is 1. The first-order valence-electron chi connectivity index (χ1n) is 7.75. The molecular formula is C16H22N8O2. The maximum absolute atomic E-state index is 11.0. The molecular weight excluding hydrogens is 336 g/mol. The van der Waals surface area contributed by atoms with Crippen LogP contribution in [0.4, 0.5) is 5.69 Å². The van der Waals surface area contributed by atoms with Crippen LogP contribution in [0, 0.1) is 5.41 Å². The molecule has 1 amide bonds. The van der Waals surface area contributed by atoms with E-state index in [1.165, 1.54) is 5.01 Å². The molecule has 2 heterocycles. The molecule has 10 nitrogen and oxygen atoms in total. The number of rotatable bonds is 3. The highest BCUT2D eigenvalue weighted by Gasteiger charge is 2.21. The Bertz CT molecular complexity index is 886. The summed E-state index contributed by atoms with van der Waals surface area (Å²) in [5.41, 5.74) is 8.58. The molecule has 0 atom stereocenters. The zero-order chi connectivity index (χ0) is 19.4. The maximum Gasteiger partial charge on any atom is 0.269 e. The molecule has 0 spiro atoms. The fourth-order valence-electron chi connectivity index (χ4n) is 2.42. The van der Waals surface area contributed by atoms with Crippen LogP contribution in [0.3, 0.4) is 0 Å². The Labute approximate surface area is 150 Å². The van der Waals surface area contributed by atoms with E-state index in [0.29, 0.717) is 12.1 Å². The summed E-state index contributed by atoms with van der Waals surface area (Å²) in [6.45, 7) is 2.11. The predicted molar refractivity (Wildman–Crippen MR) is 99.3 cm³/mol. The first kappa shape index (κ1) is 18.9. The number of carbonyl (C=O) groups is 2. The van der Waals surface area contributed by atoms with Crippen LogP contribution in [0.5, 0.6) is 0 Å². The third-order valence-corrected chi connectivity index (χ3v) is 4.13. The number of hydrazine groups is 1. The minimum atomic E-state index is -0.524. The summed E-state index contributed by atoms with van der Waals surface area (Å²) in [7, 11) is 3.52. The lowest BCUT2D eigenvalue weighted by Gasteiger charge is -2.33. The fraction of sp³-hybridized carbons (Fsp3) is 0.250. The third-order valence-electron chi connectivity index (χ3n) is 4.13. The number of nitrogens with one attached hydrogen (secondary N) is 3. The number of nitrogens with zero attached hydrogens (tertiary/aromatic N) is 3. The van der Waals surface area contributed by atoms with Crippen molar-refractivity contribution in [3.63, 3.8) is 0 Å². The van der Waals surface area contributed by atoms with E-state index < -0.39 is 5.91 Å². The van der Waals surface area contributed by atoms with E-state index in [9.17, 15) is 9.59 Å². The zero-order valence-corrected chi connectivity index (χ0v) is 14.8. The van der Waals surface area contributed by atoms with Gasteiger partial charge in [-0.1, -0.05) is 0 Å². The molecule has 3 rings (SSSR count). The normalized spacial score (nSPS) is 14.2. The average molecular weight is 358 g/mol. The molecule has 1 aromatic heterocycles. The highest BCUT2D eigenvalue weighted by molar-refractivity contribution is 6.04. The van der Waals surface area contributed by atoms with Crippen LogP contribution in [0.1, 0.15) is 17.4 Å². The van der Waals surface area contributed by atoms with Gasteiger partial charge in [0, 0.05) is 36.4 Å². The van der Waals surface area contributed by atoms with Crippen molar-refractivity contribution in [1.29, 1.82) is 5.41 Å². The Balaban J connectivity index is 0.000000190. The highest BCUT2D eigenvalue weighted by Crippen LogP contribution is 2.19. The van der Waals surface area contributed by atoms with Gasteiger partial charge in [-0.25, -0.2) is 5.84 Å². The number of fused-ring (bicyclic) bond motifs is 1. The summed E-state index contributed by atoms with van der Waals surface area (Å²) >= 11 is 0. The average Bonchev–Trinajstić information content (AvgIpc) is 3.06. The molecule has 0 aliphatic carbocycles. The summed E-state index contributed by atoms with van der Waals surface area (Å²) in [6, 6.07) is 5.57. The molecule has 0 fully saturated rings. The Morgan fingerprint density at radius 2 is 2.15 bits per heavy atom. The molecule has 0 saturated carbocycles. The second kappa shape index (κ2) is 7.66. The van der Waals surface area contributed by atoms with Crippen LogP contribution in [0.2, 0.25) is 0 Å². The molecule has 0 bridgehead atoms. The lowest BCUT2D eigenvalue weighted by molar-refractivity contribution is -0.105. The number of allylic oxidation sites excluding steroid dienone is 1. The summed E-state index contributed by atoms with van der Waals surface area (Å²) in [6.07, 6.45) is 0.776. The second-order valence-electron chi connectivity index (χ2n) is 5.69. The van der Waals surface area contributed by atoms with Gasteiger partial charge in [0.25, 0.3) is 5.91 Å². The van der Waals surface area contributed by atoms with Gasteiger partial charge < -0.3 is 16.0 Å². The number of aldehydes is 1. The molecule has 1 aromatic carbocycles. The van der Waals surface area contributed by atoms with Crippen molar-refractivity contribution in [3.8, 4) is 0 Å². The van der Waals surface area contributed by atoms with Crippen LogP contribution in [-0.2, 0) is 4.79 Å². The van der Waals surface area contributed by atoms with Crippen LogP contribution < -0.4 is 16.9 Å². The summed E-state index contributed by atoms with van der Waals surface area (Å²) in [5, 5.41) is 19.0. The highest BCUT2D eigenvalue weighted by atomic mass is 16.1. The number of aromatic amines is 1. The summed E-state index contributed by atoms with van der Waals surface area (Å²) in [4.78, 5) is 23.1. The third kappa shape index (κ3) is 3.64. The van der Waals surface area contributed by atoms with Gasteiger partial charge >= 0.3 is 0 Å². The van der Waals surface area contributed by atoms with E-state index in [1.807, 2.05) is 25.2 Å². The number of anilines is 1. The molecule has 1 aliphatic rings. The minimum absolute atomic E-state index is 0.207. The number of H-pyrrole nitrogens is 1. The van der Waals surface area contributed by atoms with Crippen molar-refractivity contribution in [2.45, 2.75) is 6.92 Å². The van der Waals surface area contributed by atoms with Gasteiger partial charge in [-0.15, -0.1) is 0 Å². The van der Waals surface area contributed by atoms with Crippen molar-refractivity contribution in [1.82, 2.24) is 20.1 Å². The van der Waals surface area contributed by atoms with Crippen LogP contribution in [0.25, 0.3) is 10.9 Å². The van der Waals surface area contributed by atoms with Crippen LogP contribution in [-0.4, -0.2) is 58.9 Å². The van der Waals surface area contributed by atoms with Gasteiger partial charge in [-0.05, 0) is 25.1 Å². The molecule has 0 radical (unpaired) electrons. The van der Waals surface area contributed by atoms with E-state index in [1.54, 1.807) is 18.9 Å². The smallest absolute Gasteiger partial charge is 0.269 e. The fourth-order valence-corrected chi connectivity index (χ4v) is 2.42. The number of aromatic nitrogens is 2. The van der Waals surface area contributed by atoms with Gasteiger partial charge in [-0.2, -0.15) is 5.10 Å². The van der Waals surface area contributed by atoms with E-state index in [0.717, 1.165) is 28.6 Å². The Morgan fingerprint density at radius 1 is 1.46 bits per heavy atom. The monoisotopic (exact) mass is 358 g/mol. The number of carbonyl (C=O) groups excluding carboxylic acids is 2. The van der Waals surface area contributed by atoms with E-state index in [-0.39, 0.29) is 11.7 Å². The number of amides is 1. The van der Waals surface area contributed by atoms with Crippen LogP contribution in [0.15, 0.2) is 29.5 Å². The van der Waals surface area contributed by atoms with Crippen molar-refractivity contribution in [3.05, 3.63) is 35.2 Å². The van der Waals surface area contributed by atoms with Crippen molar-refractivity contribution >= 4 is 34.7 Å². The lowest BCUT2D eigenvalue weighted by atomic mass is 10.2. The molecule has 0 saturated heterocycles. The maximum atomic E-state index is 11.0. The second-order valence-corrected chi connectivity index (χ2v) is 5.69. The minimum Gasteiger partial charge on any atom is -0.388 e. The van der Waals surface area contributed by atoms with Gasteiger partial charge in [0.05, 0.1) is 12.1 Å². The van der Waals surface area contributed by atoms with E-state index >= 15 is 0 Å². The predicted octanol–water partition coefficient (Wildman–Crippen LogP) is 0.219. The molecule has 7 N–H and O–H groups in total. The molecule has 2 aromatic rings. The number of primary amides is 1. The van der Waals surface area contributed by atoms with Gasteiger partial charge in [-0.3, -0.25) is 25.1 Å². The standard InChI is InChI=1S/C9H10N4O.C7H12N4O/c1-11-5-2-3-7-6(4-5)8(9(10)14)13-12-7;1-5-6(4-12)3-11(9)7(8)10(5)2/h2-4,11H,1H3,(H2,10,14)(H,12,13);4,8H,3,9H2,1-2H3. The Morgan fingerprint density at radius 3 is 2.73 bits per heavy atom. The first-order chi connectivity index (χ1) is 12.3. The Hall–Kier alpha value is -3.40. The van der Waals surface area contributed by atoms with Gasteiger partial charge in [0.15, 0.2) is 5.69 Å². The SMILES string of the molecule is CC1=C(C=O)CN(N)C(=N)N1C.CNc1ccc2[nH]nc(C(N)=O)c2c1. The largest absolute Gasteiger partial charge is 0.388 e. The van der Waals surface area contributed by atoms with Gasteiger partial charge in [0.1, 0.15) is 6.29 Å². The quantitative estimate of drug-likeness (QED) is 0.388. The number of hydrogen-bond acceptors (Lipinski definition) is 6. The van der Waals surface area contributed by atoms with E-state index in [2.05, 4.69) is 15.5 Å². The van der Waals surface area contributed by atoms with Crippen molar-refractivity contribution in [2.75, 3.05) is 26.0 Å². The number of nitrogens with two attached hydrogens (primary N) is 2. The topological polar surface area (TPSA) is 157 Å². The molecule has 1 aliphatic heterocycles. The summed E-state index contributed by atoms with van der Waals surface area (Å²) < 4.78 is 0. The van der Waals surface area contributed by atoms with E-state index in [4.69, 9.17) is 17.0 Å². The zero-order valence-electron chi connectivity index (χ0n) is 14.8. The van der Waals surface area contributed by atoms with Crippen LogP contribution >= 0.6 is 0 Å². The first-order valence-corrected chi connectivity index (χ1v) is 7.75. The molecule has 26 heavy (non-hydrogen) atoms. The Kier molecular flexibility index (Phi) is 5.58. The van der Waals surface area contributed by atoms with Crippen molar-refractivity contribution < 1.29 is 9.59 Å². The van der Waals surface area contributed by atoms with Gasteiger partial charge in [0.2, 0.25) is 5.96 Å².